The largest absolute Gasteiger partial charge is 0.382 e. The van der Waals surface area contributed by atoms with Crippen molar-refractivity contribution in [2.75, 3.05) is 0 Å². The second-order valence-corrected chi connectivity index (χ2v) is 4.63. The Labute approximate surface area is 108 Å². The zero-order chi connectivity index (χ0) is 13.1. The highest BCUT2D eigenvalue weighted by Crippen LogP contribution is 2.25. The molecule has 0 amide bonds. The fourth-order valence-corrected chi connectivity index (χ4v) is 2.16. The summed E-state index contributed by atoms with van der Waals surface area (Å²) < 4.78 is 2.14. The van der Waals surface area contributed by atoms with E-state index >= 15 is 0 Å². The minimum atomic E-state index is -0.604. The molecule has 0 spiro atoms. The molecule has 0 aliphatic carbocycles. The third-order valence-corrected chi connectivity index (χ3v) is 2.99. The van der Waals surface area contributed by atoms with Crippen molar-refractivity contribution in [1.82, 2.24) is 4.57 Å². The Kier molecular flexibility index (Phi) is 3.71. The van der Waals surface area contributed by atoms with Gasteiger partial charge in [0, 0.05) is 12.1 Å². The molecule has 2 nitrogen and oxygen atoms in total. The Hall–Kier alpha value is -1.76. The van der Waals surface area contributed by atoms with Gasteiger partial charge in [0.15, 0.2) is 0 Å². The van der Waals surface area contributed by atoms with Gasteiger partial charge in [-0.25, -0.2) is 0 Å². The molecule has 0 saturated carbocycles. The van der Waals surface area contributed by atoms with Gasteiger partial charge >= 0.3 is 0 Å². The van der Waals surface area contributed by atoms with Crippen LogP contribution in [0.4, 0.5) is 0 Å². The van der Waals surface area contributed by atoms with Gasteiger partial charge < -0.3 is 9.67 Å². The van der Waals surface area contributed by atoms with Crippen molar-refractivity contribution in [3.63, 3.8) is 0 Å². The summed E-state index contributed by atoms with van der Waals surface area (Å²) >= 11 is 0. The summed E-state index contributed by atoms with van der Waals surface area (Å²) in [4.78, 5) is 0. The summed E-state index contributed by atoms with van der Waals surface area (Å²) in [7, 11) is 0. The topological polar surface area (TPSA) is 25.2 Å². The lowest BCUT2D eigenvalue weighted by molar-refractivity contribution is 0.219. The quantitative estimate of drug-likeness (QED) is 0.812. The average Bonchev–Trinajstić information content (AvgIpc) is 2.74. The van der Waals surface area contributed by atoms with E-state index in [1.165, 1.54) is 10.9 Å². The van der Waals surface area contributed by atoms with E-state index in [9.17, 15) is 5.11 Å². The first-order valence-electron chi connectivity index (χ1n) is 6.29. The van der Waals surface area contributed by atoms with Crippen LogP contribution in [-0.4, -0.2) is 9.67 Å². The van der Waals surface area contributed by atoms with Crippen molar-refractivity contribution in [1.29, 1.82) is 0 Å². The third-order valence-electron chi connectivity index (χ3n) is 2.99. The van der Waals surface area contributed by atoms with Gasteiger partial charge in [-0.2, -0.15) is 0 Å². The van der Waals surface area contributed by atoms with Crippen LogP contribution in [0.5, 0.6) is 0 Å². The van der Waals surface area contributed by atoms with Crippen molar-refractivity contribution >= 4 is 10.9 Å². The van der Waals surface area contributed by atoms with E-state index in [4.69, 9.17) is 0 Å². The average molecular weight is 241 g/mol. The van der Waals surface area contributed by atoms with Gasteiger partial charge in [-0.3, -0.25) is 0 Å². The maximum absolute atomic E-state index is 10.2. The van der Waals surface area contributed by atoms with Crippen LogP contribution in [0.15, 0.2) is 47.7 Å². The molecule has 0 bridgehead atoms. The molecule has 1 N–H and O–H groups in total. The third kappa shape index (κ3) is 2.40. The van der Waals surface area contributed by atoms with E-state index in [0.29, 0.717) is 0 Å². The first kappa shape index (κ1) is 12.7. The molecule has 1 heterocycles. The molecule has 0 saturated heterocycles. The highest BCUT2D eigenvalue weighted by atomic mass is 16.3. The highest BCUT2D eigenvalue weighted by molar-refractivity contribution is 5.81. The van der Waals surface area contributed by atoms with Gasteiger partial charge in [-0.15, -0.1) is 5.73 Å². The first-order valence-corrected chi connectivity index (χ1v) is 6.29. The normalized spacial score (nSPS) is 12.2. The molecule has 2 heteroatoms. The Morgan fingerprint density at radius 2 is 2.11 bits per heavy atom. The summed E-state index contributed by atoms with van der Waals surface area (Å²) in [6.07, 6.45) is 1.11. The molecule has 2 aromatic rings. The molecule has 0 radical (unpaired) electrons. The van der Waals surface area contributed by atoms with Gasteiger partial charge in [0.25, 0.3) is 0 Å². The van der Waals surface area contributed by atoms with Crippen molar-refractivity contribution in [3.05, 3.63) is 53.4 Å². The van der Waals surface area contributed by atoms with Crippen molar-refractivity contribution in [2.24, 2.45) is 0 Å². The Morgan fingerprint density at radius 1 is 1.39 bits per heavy atom. The number of aliphatic hydroxyl groups excluding tert-OH is 1. The van der Waals surface area contributed by atoms with E-state index in [2.05, 4.69) is 29.4 Å². The van der Waals surface area contributed by atoms with Crippen LogP contribution in [0.3, 0.4) is 0 Å². The number of rotatable bonds is 3. The van der Waals surface area contributed by atoms with E-state index < -0.39 is 6.10 Å². The molecular weight excluding hydrogens is 222 g/mol. The second kappa shape index (κ2) is 5.26. The fraction of sp³-hybridized carbons (Fsp3) is 0.312. The number of nitrogens with zero attached hydrogens (tertiary/aromatic N) is 1. The van der Waals surface area contributed by atoms with Crippen LogP contribution >= 0.6 is 0 Å². The summed E-state index contributed by atoms with van der Waals surface area (Å²) in [5.74, 6) is 0. The molecule has 2 rings (SSSR count). The summed E-state index contributed by atoms with van der Waals surface area (Å²) in [5.41, 5.74) is 6.22. The molecular formula is C16H19NO. The second-order valence-electron chi connectivity index (χ2n) is 4.63. The minimum absolute atomic E-state index is 0.604. The Bertz CT molecular complexity index is 611. The van der Waals surface area contributed by atoms with Crippen LogP contribution in [0.1, 0.15) is 32.6 Å². The number of aliphatic hydroxyl groups is 1. The van der Waals surface area contributed by atoms with Crippen LogP contribution in [0.25, 0.3) is 10.9 Å². The fourth-order valence-electron chi connectivity index (χ4n) is 2.16. The Morgan fingerprint density at radius 3 is 2.78 bits per heavy atom. The van der Waals surface area contributed by atoms with Crippen molar-refractivity contribution in [2.45, 2.75) is 33.4 Å². The summed E-state index contributed by atoms with van der Waals surface area (Å²) in [5, 5.41) is 11.4. The molecule has 0 aliphatic heterocycles. The highest BCUT2D eigenvalue weighted by Gasteiger charge is 2.12. The van der Waals surface area contributed by atoms with Gasteiger partial charge in [-0.1, -0.05) is 18.2 Å². The van der Waals surface area contributed by atoms with Crippen molar-refractivity contribution < 1.29 is 5.11 Å². The molecule has 1 aromatic heterocycles. The van der Waals surface area contributed by atoms with E-state index in [1.807, 2.05) is 32.0 Å². The lowest BCUT2D eigenvalue weighted by Gasteiger charge is -2.10. The number of fused-ring (bicyclic) bond motifs is 1. The van der Waals surface area contributed by atoms with Gasteiger partial charge in [0.2, 0.25) is 0 Å². The van der Waals surface area contributed by atoms with Crippen molar-refractivity contribution in [3.8, 4) is 0 Å². The predicted molar refractivity (Wildman–Crippen MR) is 75.5 cm³/mol. The van der Waals surface area contributed by atoms with Gasteiger partial charge in [-0.05, 0) is 49.9 Å². The number of benzene rings is 1. The summed E-state index contributed by atoms with van der Waals surface area (Å²) in [6, 6.07) is 10.2. The van der Waals surface area contributed by atoms with Crippen LogP contribution in [0.2, 0.25) is 0 Å². The first-order chi connectivity index (χ1) is 8.63. The van der Waals surface area contributed by atoms with E-state index in [-0.39, 0.29) is 0 Å². The molecule has 0 aliphatic rings. The molecule has 0 fully saturated rings. The van der Waals surface area contributed by atoms with Crippen LogP contribution in [-0.2, 0) is 6.54 Å². The lowest BCUT2D eigenvalue weighted by atomic mass is 10.2. The zero-order valence-electron chi connectivity index (χ0n) is 11.1. The zero-order valence-corrected chi connectivity index (χ0v) is 11.1. The molecule has 1 aromatic carbocycles. The number of hydrogen-bond acceptors (Lipinski definition) is 1. The number of aryl methyl sites for hydroxylation is 1. The lowest BCUT2D eigenvalue weighted by Crippen LogP contribution is -2.04. The monoisotopic (exact) mass is 241 g/mol. The maximum atomic E-state index is 10.2. The number of aromatic nitrogens is 1. The number of hydrogen-bond donors (Lipinski definition) is 1. The van der Waals surface area contributed by atoms with Crippen LogP contribution in [0, 0.1) is 0 Å². The molecule has 94 valence electrons. The molecule has 18 heavy (non-hydrogen) atoms. The number of para-hydroxylation sites is 1. The van der Waals surface area contributed by atoms with Gasteiger partial charge in [0.1, 0.15) is 6.10 Å². The predicted octanol–water partition coefficient (Wildman–Crippen LogP) is 3.82. The molecule has 1 unspecified atom stereocenters. The Balaban J connectivity index is 2.53. The summed E-state index contributed by atoms with van der Waals surface area (Å²) in [6.45, 7) is 6.88. The van der Waals surface area contributed by atoms with E-state index in [0.717, 1.165) is 17.8 Å². The van der Waals surface area contributed by atoms with E-state index in [1.54, 1.807) is 6.08 Å². The van der Waals surface area contributed by atoms with Crippen LogP contribution < -0.4 is 0 Å². The standard InChI is InChI=1S/C16H19NO/c1-4-17-14-8-6-5-7-13(14)11-15(17)16(18)10-9-12(2)3/h5-8,10-11,16,18H,4H2,1-3H3. The maximum Gasteiger partial charge on any atom is 0.119 e. The molecule has 1 atom stereocenters. The minimum Gasteiger partial charge on any atom is -0.382 e. The smallest absolute Gasteiger partial charge is 0.119 e. The SMILES string of the molecule is CCn1c(C(O)C=C=C(C)C)cc2ccccc21. The van der Waals surface area contributed by atoms with Gasteiger partial charge in [0.05, 0.1) is 5.69 Å².